The molecular weight excluding hydrogens is 324 g/mol. The first-order valence-electron chi connectivity index (χ1n) is 7.56. The van der Waals surface area contributed by atoms with Crippen LogP contribution < -0.4 is 4.72 Å². The molecule has 1 N–H and O–H groups in total. The monoisotopic (exact) mass is 343 g/mol. The zero-order valence-electron chi connectivity index (χ0n) is 13.0. The van der Waals surface area contributed by atoms with Crippen molar-refractivity contribution in [2.45, 2.75) is 33.1 Å². The first-order chi connectivity index (χ1) is 10.6. The number of carbonyl (C=O) groups is 1. The van der Waals surface area contributed by atoms with Crippen molar-refractivity contribution in [2.75, 3.05) is 10.5 Å². The fourth-order valence-corrected chi connectivity index (χ4v) is 6.11. The van der Waals surface area contributed by atoms with E-state index in [4.69, 9.17) is 0 Å². The zero-order valence-corrected chi connectivity index (χ0v) is 13.8. The van der Waals surface area contributed by atoms with E-state index in [0.29, 0.717) is 18.9 Å². The van der Waals surface area contributed by atoms with E-state index >= 15 is 0 Å². The van der Waals surface area contributed by atoms with Gasteiger partial charge in [-0.25, -0.2) is 17.2 Å². The van der Waals surface area contributed by atoms with Crippen molar-refractivity contribution >= 4 is 21.5 Å². The number of nitrogens with one attached hydrogen (secondary N) is 1. The molecule has 4 nitrogen and oxygen atoms in total. The third kappa shape index (κ3) is 2.45. The molecule has 1 aromatic carbocycles. The SMILES string of the molecule is CC1(C)[C@H]2CC[C@@]1(CS(=O)(=O)Nc1ccc(F)cc1F)C(=O)C2. The van der Waals surface area contributed by atoms with Crippen LogP contribution in [0, 0.1) is 28.4 Å². The van der Waals surface area contributed by atoms with Crippen molar-refractivity contribution in [3.63, 3.8) is 0 Å². The number of fused-ring (bicyclic) bond motifs is 2. The number of rotatable bonds is 4. The van der Waals surface area contributed by atoms with Crippen LogP contribution in [0.25, 0.3) is 0 Å². The van der Waals surface area contributed by atoms with Crippen molar-refractivity contribution in [1.29, 1.82) is 0 Å². The Morgan fingerprint density at radius 3 is 2.52 bits per heavy atom. The minimum absolute atomic E-state index is 0.0243. The van der Waals surface area contributed by atoms with Gasteiger partial charge in [-0.1, -0.05) is 13.8 Å². The Bertz CT molecular complexity index is 776. The van der Waals surface area contributed by atoms with E-state index in [1.807, 2.05) is 13.8 Å². The molecule has 0 spiro atoms. The van der Waals surface area contributed by atoms with Gasteiger partial charge in [0, 0.05) is 12.5 Å². The van der Waals surface area contributed by atoms with Gasteiger partial charge in [-0.3, -0.25) is 9.52 Å². The molecule has 126 valence electrons. The summed E-state index contributed by atoms with van der Waals surface area (Å²) in [4.78, 5) is 12.4. The Morgan fingerprint density at radius 1 is 1.30 bits per heavy atom. The molecule has 23 heavy (non-hydrogen) atoms. The number of halogens is 2. The summed E-state index contributed by atoms with van der Waals surface area (Å²) in [5.74, 6) is -1.95. The van der Waals surface area contributed by atoms with Crippen molar-refractivity contribution < 1.29 is 22.0 Å². The fraction of sp³-hybridized carbons (Fsp3) is 0.562. The van der Waals surface area contributed by atoms with Crippen LogP contribution in [-0.4, -0.2) is 20.0 Å². The highest BCUT2D eigenvalue weighted by molar-refractivity contribution is 7.92. The second kappa shape index (κ2) is 5.00. The van der Waals surface area contributed by atoms with E-state index in [2.05, 4.69) is 4.72 Å². The maximum Gasteiger partial charge on any atom is 0.233 e. The molecule has 2 aliphatic rings. The lowest BCUT2D eigenvalue weighted by Gasteiger charge is -2.36. The topological polar surface area (TPSA) is 63.2 Å². The molecule has 2 fully saturated rings. The lowest BCUT2D eigenvalue weighted by molar-refractivity contribution is -0.128. The summed E-state index contributed by atoms with van der Waals surface area (Å²) >= 11 is 0. The molecule has 0 aliphatic heterocycles. The second-order valence-electron chi connectivity index (χ2n) is 7.15. The largest absolute Gasteiger partial charge is 0.299 e. The van der Waals surface area contributed by atoms with E-state index in [9.17, 15) is 22.0 Å². The second-order valence-corrected chi connectivity index (χ2v) is 8.87. The van der Waals surface area contributed by atoms with Crippen molar-refractivity contribution in [1.82, 2.24) is 0 Å². The van der Waals surface area contributed by atoms with Crippen LogP contribution in [0.5, 0.6) is 0 Å². The summed E-state index contributed by atoms with van der Waals surface area (Å²) in [7, 11) is -3.93. The maximum absolute atomic E-state index is 13.7. The minimum atomic E-state index is -3.93. The molecule has 7 heteroatoms. The molecule has 0 radical (unpaired) electrons. The van der Waals surface area contributed by atoms with Gasteiger partial charge in [-0.15, -0.1) is 0 Å². The number of ketones is 1. The molecule has 0 saturated heterocycles. The molecule has 0 amide bonds. The molecule has 2 aliphatic carbocycles. The molecule has 2 atom stereocenters. The van der Waals surface area contributed by atoms with Crippen LogP contribution in [-0.2, 0) is 14.8 Å². The van der Waals surface area contributed by atoms with Gasteiger partial charge in [0.2, 0.25) is 10.0 Å². The average molecular weight is 343 g/mol. The van der Waals surface area contributed by atoms with E-state index in [-0.39, 0.29) is 28.6 Å². The molecule has 0 heterocycles. The van der Waals surface area contributed by atoms with Gasteiger partial charge in [0.15, 0.2) is 0 Å². The molecule has 0 unspecified atom stereocenters. The lowest BCUT2D eigenvalue weighted by Crippen LogP contribution is -2.43. The van der Waals surface area contributed by atoms with E-state index in [1.54, 1.807) is 0 Å². The van der Waals surface area contributed by atoms with Crippen molar-refractivity contribution in [3.05, 3.63) is 29.8 Å². The lowest BCUT2D eigenvalue weighted by atomic mass is 9.70. The number of hydrogen-bond acceptors (Lipinski definition) is 3. The summed E-state index contributed by atoms with van der Waals surface area (Å²) in [6, 6.07) is 2.64. The van der Waals surface area contributed by atoms with Gasteiger partial charge < -0.3 is 0 Å². The Morgan fingerprint density at radius 2 is 2.00 bits per heavy atom. The van der Waals surface area contributed by atoms with E-state index < -0.39 is 27.1 Å². The Balaban J connectivity index is 1.88. The molecule has 0 aromatic heterocycles. The highest BCUT2D eigenvalue weighted by Gasteiger charge is 2.65. The first kappa shape index (κ1) is 16.4. The third-order valence-corrected chi connectivity index (χ3v) is 7.18. The van der Waals surface area contributed by atoms with Crippen LogP contribution >= 0.6 is 0 Å². The predicted molar refractivity (Wildman–Crippen MR) is 82.3 cm³/mol. The van der Waals surface area contributed by atoms with E-state index in [1.165, 1.54) is 0 Å². The normalized spacial score (nSPS) is 29.0. The molecule has 2 saturated carbocycles. The molecule has 2 bridgehead atoms. The van der Waals surface area contributed by atoms with Crippen molar-refractivity contribution in [3.8, 4) is 0 Å². The molecular formula is C16H19F2NO3S. The van der Waals surface area contributed by atoms with Crippen LogP contribution in [0.3, 0.4) is 0 Å². The minimum Gasteiger partial charge on any atom is -0.299 e. The summed E-state index contributed by atoms with van der Waals surface area (Å²) in [6.45, 7) is 3.87. The summed E-state index contributed by atoms with van der Waals surface area (Å²) in [6.07, 6.45) is 1.78. The number of Topliss-reactive ketones (excluding diaryl/α,β-unsaturated/α-hetero) is 1. The van der Waals surface area contributed by atoms with Gasteiger partial charge in [0.25, 0.3) is 0 Å². The van der Waals surface area contributed by atoms with Gasteiger partial charge in [-0.05, 0) is 36.3 Å². The third-order valence-electron chi connectivity index (χ3n) is 5.77. The van der Waals surface area contributed by atoms with Crippen LogP contribution in [0.15, 0.2) is 18.2 Å². The number of anilines is 1. The first-order valence-corrected chi connectivity index (χ1v) is 9.21. The van der Waals surface area contributed by atoms with E-state index in [0.717, 1.165) is 18.6 Å². The summed E-state index contributed by atoms with van der Waals surface area (Å²) in [5.41, 5.74) is -1.61. The average Bonchev–Trinajstić information content (AvgIpc) is 2.75. The van der Waals surface area contributed by atoms with Gasteiger partial charge in [-0.2, -0.15) is 0 Å². The van der Waals surface area contributed by atoms with Gasteiger partial charge >= 0.3 is 0 Å². The van der Waals surface area contributed by atoms with Gasteiger partial charge in [0.05, 0.1) is 16.9 Å². The van der Waals surface area contributed by atoms with Crippen LogP contribution in [0.2, 0.25) is 0 Å². The number of carbonyl (C=O) groups excluding carboxylic acids is 1. The Hall–Kier alpha value is -1.50. The Kier molecular flexibility index (Phi) is 3.55. The maximum atomic E-state index is 13.7. The smallest absolute Gasteiger partial charge is 0.233 e. The zero-order chi connectivity index (χ0) is 17.0. The van der Waals surface area contributed by atoms with Crippen molar-refractivity contribution in [2.24, 2.45) is 16.7 Å². The summed E-state index contributed by atoms with van der Waals surface area (Å²) in [5, 5.41) is 0. The highest BCUT2D eigenvalue weighted by Crippen LogP contribution is 2.64. The number of hydrogen-bond donors (Lipinski definition) is 1. The summed E-state index contributed by atoms with van der Waals surface area (Å²) < 4.78 is 53.7. The number of sulfonamides is 1. The number of benzene rings is 1. The quantitative estimate of drug-likeness (QED) is 0.914. The molecule has 3 rings (SSSR count). The molecule has 1 aromatic rings. The van der Waals surface area contributed by atoms with Gasteiger partial charge in [0.1, 0.15) is 17.4 Å². The fourth-order valence-electron chi connectivity index (χ4n) is 4.21. The van der Waals surface area contributed by atoms with Crippen LogP contribution in [0.4, 0.5) is 14.5 Å². The standard InChI is InChI=1S/C16H19F2NO3S/c1-15(2)10-5-6-16(15,14(20)7-10)9-23(21,22)19-13-4-3-11(17)8-12(13)18/h3-4,8,10,19H,5-7,9H2,1-2H3/t10-,16+/m0/s1. The Labute approximate surface area is 134 Å². The van der Waals surface area contributed by atoms with Crippen LogP contribution in [0.1, 0.15) is 33.1 Å². The highest BCUT2D eigenvalue weighted by atomic mass is 32.2. The predicted octanol–water partition coefficient (Wildman–Crippen LogP) is 3.10.